The van der Waals surface area contributed by atoms with Crippen LogP contribution in [-0.4, -0.2) is 25.1 Å². The Bertz CT molecular complexity index is 808. The predicted molar refractivity (Wildman–Crippen MR) is 115 cm³/mol. The fourth-order valence-corrected chi connectivity index (χ4v) is 3.68. The largest absolute Gasteiger partial charge is 0.481 e. The predicted octanol–water partition coefficient (Wildman–Crippen LogP) is 4.69. The van der Waals surface area contributed by atoms with Gasteiger partial charge in [0.2, 0.25) is 0 Å². The van der Waals surface area contributed by atoms with Crippen molar-refractivity contribution >= 4 is 11.6 Å². The van der Waals surface area contributed by atoms with Gasteiger partial charge in [0.1, 0.15) is 5.75 Å². The number of aryl methyl sites for hydroxylation is 2. The van der Waals surface area contributed by atoms with Crippen LogP contribution in [0.15, 0.2) is 36.4 Å². The van der Waals surface area contributed by atoms with Gasteiger partial charge in [0.05, 0.1) is 0 Å². The summed E-state index contributed by atoms with van der Waals surface area (Å²) in [5.41, 5.74) is 5.77. The van der Waals surface area contributed by atoms with Crippen LogP contribution in [0.2, 0.25) is 0 Å². The Morgan fingerprint density at radius 3 is 2.43 bits per heavy atom. The summed E-state index contributed by atoms with van der Waals surface area (Å²) in [4.78, 5) is 14.9. The van der Waals surface area contributed by atoms with Crippen LogP contribution in [0, 0.1) is 20.8 Å². The molecule has 4 heteroatoms. The number of rotatable bonds is 6. The van der Waals surface area contributed by atoms with Gasteiger partial charge in [-0.05, 0) is 87.4 Å². The van der Waals surface area contributed by atoms with Gasteiger partial charge in [-0.1, -0.05) is 18.2 Å². The molecule has 0 aliphatic carbocycles. The van der Waals surface area contributed by atoms with E-state index in [0.717, 1.165) is 35.5 Å². The summed E-state index contributed by atoms with van der Waals surface area (Å²) in [5, 5.41) is 2.99. The van der Waals surface area contributed by atoms with E-state index in [-0.39, 0.29) is 5.91 Å². The zero-order valence-electron chi connectivity index (χ0n) is 17.5. The molecule has 0 unspecified atom stereocenters. The monoisotopic (exact) mass is 380 g/mol. The lowest BCUT2D eigenvalue weighted by atomic mass is 10.1. The Morgan fingerprint density at radius 2 is 1.75 bits per heavy atom. The van der Waals surface area contributed by atoms with E-state index in [4.69, 9.17) is 4.74 Å². The van der Waals surface area contributed by atoms with Crippen LogP contribution in [-0.2, 0) is 11.3 Å². The van der Waals surface area contributed by atoms with Crippen LogP contribution < -0.4 is 15.0 Å². The number of anilines is 1. The van der Waals surface area contributed by atoms with Crippen LogP contribution in [0.3, 0.4) is 0 Å². The second kappa shape index (κ2) is 9.13. The fourth-order valence-electron chi connectivity index (χ4n) is 3.68. The van der Waals surface area contributed by atoms with E-state index in [1.165, 1.54) is 30.5 Å². The van der Waals surface area contributed by atoms with E-state index in [9.17, 15) is 4.79 Å². The number of carbonyl (C=O) groups is 1. The summed E-state index contributed by atoms with van der Waals surface area (Å²) in [6, 6.07) is 12.6. The highest BCUT2D eigenvalue weighted by Crippen LogP contribution is 2.24. The Kier molecular flexibility index (Phi) is 6.61. The summed E-state index contributed by atoms with van der Waals surface area (Å²) in [5.74, 6) is 0.685. The maximum Gasteiger partial charge on any atom is 0.261 e. The van der Waals surface area contributed by atoms with Crippen molar-refractivity contribution in [2.24, 2.45) is 0 Å². The molecule has 1 amide bonds. The van der Waals surface area contributed by atoms with Crippen molar-refractivity contribution in [3.63, 3.8) is 0 Å². The second-order valence-corrected chi connectivity index (χ2v) is 7.90. The summed E-state index contributed by atoms with van der Waals surface area (Å²) < 4.78 is 5.94. The molecule has 4 nitrogen and oxygen atoms in total. The number of nitrogens with one attached hydrogen (secondary N) is 1. The molecule has 1 fully saturated rings. The highest BCUT2D eigenvalue weighted by molar-refractivity contribution is 5.80. The maximum atomic E-state index is 12.5. The van der Waals surface area contributed by atoms with E-state index < -0.39 is 6.10 Å². The molecule has 0 spiro atoms. The highest BCUT2D eigenvalue weighted by Gasteiger charge is 2.16. The van der Waals surface area contributed by atoms with Crippen molar-refractivity contribution in [3.05, 3.63) is 58.7 Å². The summed E-state index contributed by atoms with van der Waals surface area (Å²) in [6.07, 6.45) is 3.35. The Hall–Kier alpha value is -2.49. The van der Waals surface area contributed by atoms with Crippen LogP contribution >= 0.6 is 0 Å². The van der Waals surface area contributed by atoms with Gasteiger partial charge in [0.25, 0.3) is 5.91 Å². The highest BCUT2D eigenvalue weighted by atomic mass is 16.5. The number of piperidine rings is 1. The minimum atomic E-state index is -0.535. The average Bonchev–Trinajstić information content (AvgIpc) is 2.70. The molecule has 1 N–H and O–H groups in total. The van der Waals surface area contributed by atoms with Crippen LogP contribution in [0.5, 0.6) is 5.75 Å². The average molecular weight is 381 g/mol. The molecule has 0 saturated carbocycles. The van der Waals surface area contributed by atoms with E-state index >= 15 is 0 Å². The number of hydrogen-bond donors (Lipinski definition) is 1. The van der Waals surface area contributed by atoms with E-state index in [2.05, 4.69) is 47.5 Å². The van der Waals surface area contributed by atoms with Crippen LogP contribution in [0.25, 0.3) is 0 Å². The molecule has 3 rings (SSSR count). The lowest BCUT2D eigenvalue weighted by Gasteiger charge is -2.28. The van der Waals surface area contributed by atoms with E-state index in [1.54, 1.807) is 6.92 Å². The van der Waals surface area contributed by atoms with Crippen molar-refractivity contribution in [2.45, 2.75) is 59.6 Å². The first-order valence-electron chi connectivity index (χ1n) is 10.3. The molecule has 0 radical (unpaired) electrons. The van der Waals surface area contributed by atoms with Crippen molar-refractivity contribution in [3.8, 4) is 5.75 Å². The Morgan fingerprint density at radius 1 is 1.07 bits per heavy atom. The normalized spacial score (nSPS) is 15.2. The lowest BCUT2D eigenvalue weighted by Crippen LogP contribution is -2.36. The number of hydrogen-bond acceptors (Lipinski definition) is 3. The summed E-state index contributed by atoms with van der Waals surface area (Å²) in [6.45, 7) is 10.7. The molecule has 1 aliphatic heterocycles. The topological polar surface area (TPSA) is 41.6 Å². The van der Waals surface area contributed by atoms with Crippen LogP contribution in [0.1, 0.15) is 48.4 Å². The summed E-state index contributed by atoms with van der Waals surface area (Å²) >= 11 is 0. The first kappa shape index (κ1) is 20.2. The molecular formula is C24H32N2O2. The SMILES string of the molecule is Cc1cc(C)c(C)c(O[C@H](C)C(=O)NCc2ccc(N3CCCCC3)cc2)c1. The molecule has 28 heavy (non-hydrogen) atoms. The van der Waals surface area contributed by atoms with Crippen molar-refractivity contribution in [2.75, 3.05) is 18.0 Å². The third-order valence-corrected chi connectivity index (χ3v) is 5.56. The van der Waals surface area contributed by atoms with Gasteiger partial charge in [-0.2, -0.15) is 0 Å². The molecule has 150 valence electrons. The molecule has 2 aromatic rings. The van der Waals surface area contributed by atoms with Gasteiger partial charge in [-0.25, -0.2) is 0 Å². The standard InChI is InChI=1S/C24H32N2O2/c1-17-14-18(2)19(3)23(15-17)28-20(4)24(27)25-16-21-8-10-22(11-9-21)26-12-6-5-7-13-26/h8-11,14-15,20H,5-7,12-13,16H2,1-4H3,(H,25,27)/t20-/m1/s1. The van der Waals surface area contributed by atoms with Gasteiger partial charge in [0.15, 0.2) is 6.10 Å². The quantitative estimate of drug-likeness (QED) is 0.791. The van der Waals surface area contributed by atoms with Gasteiger partial charge in [-0.15, -0.1) is 0 Å². The minimum absolute atomic E-state index is 0.0985. The Labute approximate surface area is 168 Å². The molecular weight excluding hydrogens is 348 g/mol. The van der Waals surface area contributed by atoms with E-state index in [1.807, 2.05) is 19.9 Å². The number of carbonyl (C=O) groups excluding carboxylic acids is 1. The Balaban J connectivity index is 1.53. The lowest BCUT2D eigenvalue weighted by molar-refractivity contribution is -0.127. The first-order valence-corrected chi connectivity index (χ1v) is 10.3. The molecule has 2 aromatic carbocycles. The zero-order chi connectivity index (χ0) is 20.1. The number of amides is 1. The van der Waals surface area contributed by atoms with E-state index in [0.29, 0.717) is 6.54 Å². The maximum absolute atomic E-state index is 12.5. The molecule has 1 aliphatic rings. The molecule has 1 saturated heterocycles. The van der Waals surface area contributed by atoms with Crippen LogP contribution in [0.4, 0.5) is 5.69 Å². The van der Waals surface area contributed by atoms with Gasteiger partial charge >= 0.3 is 0 Å². The third kappa shape index (κ3) is 5.06. The van der Waals surface area contributed by atoms with Crippen molar-refractivity contribution in [1.82, 2.24) is 5.32 Å². The number of benzene rings is 2. The van der Waals surface area contributed by atoms with Gasteiger partial charge < -0.3 is 15.0 Å². The zero-order valence-corrected chi connectivity index (χ0v) is 17.5. The molecule has 1 heterocycles. The van der Waals surface area contributed by atoms with Crippen molar-refractivity contribution < 1.29 is 9.53 Å². The van der Waals surface area contributed by atoms with Crippen molar-refractivity contribution in [1.29, 1.82) is 0 Å². The third-order valence-electron chi connectivity index (χ3n) is 5.56. The second-order valence-electron chi connectivity index (χ2n) is 7.90. The minimum Gasteiger partial charge on any atom is -0.481 e. The number of nitrogens with zero attached hydrogens (tertiary/aromatic N) is 1. The molecule has 0 aromatic heterocycles. The molecule has 0 bridgehead atoms. The van der Waals surface area contributed by atoms with Gasteiger partial charge in [0, 0.05) is 25.3 Å². The first-order chi connectivity index (χ1) is 13.4. The molecule has 1 atom stereocenters. The number of ether oxygens (including phenoxy) is 1. The smallest absolute Gasteiger partial charge is 0.261 e. The fraction of sp³-hybridized carbons (Fsp3) is 0.458. The van der Waals surface area contributed by atoms with Gasteiger partial charge in [-0.3, -0.25) is 4.79 Å². The summed E-state index contributed by atoms with van der Waals surface area (Å²) in [7, 11) is 0.